The van der Waals surface area contributed by atoms with Crippen LogP contribution >= 0.6 is 0 Å². The van der Waals surface area contributed by atoms with Crippen molar-refractivity contribution in [2.24, 2.45) is 0 Å². The standard InChI is InChI=1S/C58H113NO5/c1-3-5-7-9-11-13-15-26-30-34-38-42-46-50-56(61)55(54-60)59-57(62)51-47-43-39-35-31-28-24-22-20-18-17-19-21-23-25-29-33-37-41-45-49-53-64-58(63)52-48-44-40-36-32-27-16-14-12-10-8-6-4-2/h18,20,55-56,60-61H,3-17,19,21-54H2,1-2H3,(H,59,62)/b20-18-. The van der Waals surface area contributed by atoms with E-state index in [9.17, 15) is 19.8 Å². The van der Waals surface area contributed by atoms with Crippen molar-refractivity contribution >= 4 is 11.9 Å². The molecule has 0 aromatic carbocycles. The van der Waals surface area contributed by atoms with Crippen molar-refractivity contribution in [2.75, 3.05) is 13.2 Å². The summed E-state index contributed by atoms with van der Waals surface area (Å²) in [6.45, 7) is 4.96. The maximum Gasteiger partial charge on any atom is 0.305 e. The zero-order valence-corrected chi connectivity index (χ0v) is 43.3. The average Bonchev–Trinajstić information content (AvgIpc) is 3.29. The van der Waals surface area contributed by atoms with E-state index in [1.54, 1.807) is 0 Å². The topological polar surface area (TPSA) is 95.9 Å². The number of carbonyl (C=O) groups excluding carboxylic acids is 2. The van der Waals surface area contributed by atoms with Gasteiger partial charge in [-0.3, -0.25) is 9.59 Å². The normalized spacial score (nSPS) is 12.6. The molecule has 0 radical (unpaired) electrons. The van der Waals surface area contributed by atoms with Crippen LogP contribution in [0.2, 0.25) is 0 Å². The molecule has 6 nitrogen and oxygen atoms in total. The molecule has 0 aromatic heterocycles. The smallest absolute Gasteiger partial charge is 0.305 e. The van der Waals surface area contributed by atoms with Crippen LogP contribution in [-0.4, -0.2) is 47.4 Å². The Hall–Kier alpha value is -1.40. The van der Waals surface area contributed by atoms with Crippen LogP contribution in [0.4, 0.5) is 0 Å². The van der Waals surface area contributed by atoms with Crippen LogP contribution in [0.5, 0.6) is 0 Å². The van der Waals surface area contributed by atoms with Gasteiger partial charge in [-0.05, 0) is 51.4 Å². The highest BCUT2D eigenvalue weighted by molar-refractivity contribution is 5.76. The van der Waals surface area contributed by atoms with E-state index in [4.69, 9.17) is 4.74 Å². The third-order valence-electron chi connectivity index (χ3n) is 13.6. The van der Waals surface area contributed by atoms with Gasteiger partial charge in [0.2, 0.25) is 5.91 Å². The minimum Gasteiger partial charge on any atom is -0.466 e. The largest absolute Gasteiger partial charge is 0.466 e. The van der Waals surface area contributed by atoms with Crippen LogP contribution in [0.25, 0.3) is 0 Å². The Morgan fingerprint density at radius 1 is 0.422 bits per heavy atom. The van der Waals surface area contributed by atoms with E-state index in [0.29, 0.717) is 25.9 Å². The van der Waals surface area contributed by atoms with Crippen LogP contribution in [0.15, 0.2) is 12.2 Å². The molecule has 2 unspecified atom stereocenters. The summed E-state index contributed by atoms with van der Waals surface area (Å²) in [5, 5.41) is 23.2. The number of unbranched alkanes of at least 4 members (excludes halogenated alkanes) is 41. The van der Waals surface area contributed by atoms with Crippen LogP contribution in [0.3, 0.4) is 0 Å². The van der Waals surface area contributed by atoms with Crippen molar-refractivity contribution in [3.8, 4) is 0 Å². The van der Waals surface area contributed by atoms with E-state index in [-0.39, 0.29) is 18.5 Å². The van der Waals surface area contributed by atoms with Gasteiger partial charge >= 0.3 is 5.97 Å². The first-order valence-corrected chi connectivity index (χ1v) is 28.9. The van der Waals surface area contributed by atoms with Crippen molar-refractivity contribution < 1.29 is 24.5 Å². The molecule has 0 aliphatic carbocycles. The van der Waals surface area contributed by atoms with Crippen molar-refractivity contribution in [3.63, 3.8) is 0 Å². The molecule has 380 valence electrons. The first kappa shape index (κ1) is 62.6. The maximum absolute atomic E-state index is 12.5. The maximum atomic E-state index is 12.5. The average molecular weight is 905 g/mol. The zero-order valence-electron chi connectivity index (χ0n) is 43.3. The minimum atomic E-state index is -0.667. The third kappa shape index (κ3) is 50.0. The lowest BCUT2D eigenvalue weighted by molar-refractivity contribution is -0.143. The first-order valence-electron chi connectivity index (χ1n) is 28.9. The summed E-state index contributed by atoms with van der Waals surface area (Å²) in [6, 6.07) is -0.545. The van der Waals surface area contributed by atoms with Gasteiger partial charge in [0, 0.05) is 12.8 Å². The molecule has 0 bridgehead atoms. The molecule has 2 atom stereocenters. The molecule has 0 saturated heterocycles. The molecule has 3 N–H and O–H groups in total. The summed E-state index contributed by atoms with van der Waals surface area (Å²) in [7, 11) is 0. The fourth-order valence-corrected chi connectivity index (χ4v) is 9.11. The third-order valence-corrected chi connectivity index (χ3v) is 13.6. The van der Waals surface area contributed by atoms with E-state index in [0.717, 1.165) is 38.5 Å². The van der Waals surface area contributed by atoms with Gasteiger partial charge in [0.25, 0.3) is 0 Å². The number of aliphatic hydroxyl groups excluding tert-OH is 2. The van der Waals surface area contributed by atoms with Gasteiger partial charge in [-0.15, -0.1) is 0 Å². The highest BCUT2D eigenvalue weighted by atomic mass is 16.5. The van der Waals surface area contributed by atoms with Gasteiger partial charge < -0.3 is 20.3 Å². The van der Waals surface area contributed by atoms with Gasteiger partial charge in [-0.25, -0.2) is 0 Å². The van der Waals surface area contributed by atoms with Crippen LogP contribution in [-0.2, 0) is 14.3 Å². The Morgan fingerprint density at radius 3 is 1.11 bits per heavy atom. The number of ether oxygens (including phenoxy) is 1. The molecule has 0 spiro atoms. The number of hydrogen-bond donors (Lipinski definition) is 3. The predicted molar refractivity (Wildman–Crippen MR) is 278 cm³/mol. The molecule has 64 heavy (non-hydrogen) atoms. The minimum absolute atomic E-state index is 0.0101. The highest BCUT2D eigenvalue weighted by Crippen LogP contribution is 2.17. The molecule has 0 aliphatic heterocycles. The van der Waals surface area contributed by atoms with E-state index >= 15 is 0 Å². The van der Waals surface area contributed by atoms with Crippen LogP contribution in [0, 0.1) is 0 Å². The van der Waals surface area contributed by atoms with Crippen molar-refractivity contribution in [2.45, 2.75) is 334 Å². The second kappa shape index (κ2) is 54.2. The fourth-order valence-electron chi connectivity index (χ4n) is 9.11. The number of allylic oxidation sites excluding steroid dienone is 2. The quantitative estimate of drug-likeness (QED) is 0.0321. The lowest BCUT2D eigenvalue weighted by atomic mass is 10.0. The summed E-state index contributed by atoms with van der Waals surface area (Å²) < 4.78 is 5.47. The second-order valence-electron chi connectivity index (χ2n) is 20.0. The lowest BCUT2D eigenvalue weighted by Gasteiger charge is -2.22. The van der Waals surface area contributed by atoms with Gasteiger partial charge in [0.1, 0.15) is 0 Å². The van der Waals surface area contributed by atoms with Gasteiger partial charge in [-0.1, -0.05) is 270 Å². The molecule has 1 amide bonds. The molecule has 0 rings (SSSR count). The van der Waals surface area contributed by atoms with E-state index in [1.807, 2.05) is 0 Å². The number of hydrogen-bond acceptors (Lipinski definition) is 5. The summed E-state index contributed by atoms with van der Waals surface area (Å²) in [4.78, 5) is 24.5. The van der Waals surface area contributed by atoms with Crippen LogP contribution < -0.4 is 5.32 Å². The first-order chi connectivity index (χ1) is 31.5. The number of nitrogens with one attached hydrogen (secondary N) is 1. The molecule has 0 fully saturated rings. The Labute approximate surface area is 399 Å². The molecule has 0 aliphatic rings. The number of rotatable bonds is 54. The molecule has 0 aromatic rings. The lowest BCUT2D eigenvalue weighted by Crippen LogP contribution is -2.45. The van der Waals surface area contributed by atoms with Crippen LogP contribution in [0.1, 0.15) is 322 Å². The molecular formula is C58H113NO5. The monoisotopic (exact) mass is 904 g/mol. The highest BCUT2D eigenvalue weighted by Gasteiger charge is 2.20. The number of esters is 1. The number of carbonyl (C=O) groups is 2. The zero-order chi connectivity index (χ0) is 46.5. The summed E-state index contributed by atoms with van der Waals surface area (Å²) >= 11 is 0. The molecule has 6 heteroatoms. The van der Waals surface area contributed by atoms with Crippen molar-refractivity contribution in [3.05, 3.63) is 12.2 Å². The Kier molecular flexibility index (Phi) is 53.0. The van der Waals surface area contributed by atoms with Crippen molar-refractivity contribution in [1.82, 2.24) is 5.32 Å². The molecule has 0 heterocycles. The summed E-state index contributed by atoms with van der Waals surface area (Å²) in [5.41, 5.74) is 0. The molecular weight excluding hydrogens is 791 g/mol. The fraction of sp³-hybridized carbons (Fsp3) is 0.931. The second-order valence-corrected chi connectivity index (χ2v) is 20.0. The Balaban J connectivity index is 3.41. The SMILES string of the molecule is CCCCCCCCCCCCCCCC(=O)OCCCCCCCCCCCC/C=C\CCCCCCCCCC(=O)NC(CO)C(O)CCCCCCCCCCCCCCC. The van der Waals surface area contributed by atoms with E-state index in [2.05, 4.69) is 31.3 Å². The summed E-state index contributed by atoms with van der Waals surface area (Å²) in [6.07, 6.45) is 63.5. The molecule has 0 saturated carbocycles. The van der Waals surface area contributed by atoms with E-state index < -0.39 is 12.1 Å². The van der Waals surface area contributed by atoms with E-state index in [1.165, 1.54) is 250 Å². The Morgan fingerprint density at radius 2 is 0.734 bits per heavy atom. The van der Waals surface area contributed by atoms with Gasteiger partial charge in [0.05, 0.1) is 25.4 Å². The van der Waals surface area contributed by atoms with Gasteiger partial charge in [0.15, 0.2) is 0 Å². The van der Waals surface area contributed by atoms with Crippen molar-refractivity contribution in [1.29, 1.82) is 0 Å². The van der Waals surface area contributed by atoms with Gasteiger partial charge in [-0.2, -0.15) is 0 Å². The summed E-state index contributed by atoms with van der Waals surface area (Å²) in [5.74, 6) is -0.0315. The Bertz CT molecular complexity index is 955. The number of aliphatic hydroxyl groups is 2. The number of amides is 1. The predicted octanol–water partition coefficient (Wildman–Crippen LogP) is 17.7.